The highest BCUT2D eigenvalue weighted by atomic mass is 32.1. The van der Waals surface area contributed by atoms with Crippen molar-refractivity contribution in [3.8, 4) is 0 Å². The van der Waals surface area contributed by atoms with E-state index in [2.05, 4.69) is 48.1 Å². The van der Waals surface area contributed by atoms with Gasteiger partial charge in [0.15, 0.2) is 6.17 Å². The molecule has 28 heavy (non-hydrogen) atoms. The first kappa shape index (κ1) is 23.7. The van der Waals surface area contributed by atoms with Gasteiger partial charge in [0, 0.05) is 12.0 Å². The summed E-state index contributed by atoms with van der Waals surface area (Å²) in [4.78, 5) is 2.10. The first-order valence-electron chi connectivity index (χ1n) is 11.1. The van der Waals surface area contributed by atoms with Crippen LogP contribution in [-0.2, 0) is 5.41 Å². The normalized spacial score (nSPS) is 23.6. The molecule has 1 aliphatic rings. The topological polar surface area (TPSA) is 64.1 Å². The Morgan fingerprint density at radius 2 is 1.68 bits per heavy atom. The van der Waals surface area contributed by atoms with E-state index in [1.807, 2.05) is 7.05 Å². The summed E-state index contributed by atoms with van der Waals surface area (Å²) < 4.78 is -0.415. The van der Waals surface area contributed by atoms with Crippen molar-refractivity contribution in [2.45, 2.75) is 97.1 Å². The Labute approximate surface area is 175 Å². The molecule has 6 nitrogen and oxygen atoms in total. The van der Waals surface area contributed by atoms with Crippen molar-refractivity contribution in [2.75, 3.05) is 26.8 Å². The van der Waals surface area contributed by atoms with E-state index >= 15 is 0 Å². The lowest BCUT2D eigenvalue weighted by Crippen LogP contribution is -2.56. The van der Waals surface area contributed by atoms with Crippen molar-refractivity contribution >= 4 is 16.5 Å². The molecule has 2 atom stereocenters. The number of quaternary nitrogens is 1. The maximum Gasteiger partial charge on any atom is 0.309 e. The molecule has 0 bridgehead atoms. The number of hydroxylamine groups is 2. The second kappa shape index (κ2) is 11.0. The monoisotopic (exact) mass is 411 g/mol. The molecular weight excluding hydrogens is 370 g/mol. The van der Waals surface area contributed by atoms with E-state index in [9.17, 15) is 5.21 Å². The molecule has 0 spiro atoms. The predicted molar refractivity (Wildman–Crippen MR) is 120 cm³/mol. The van der Waals surface area contributed by atoms with Crippen molar-refractivity contribution < 1.29 is 0 Å². The summed E-state index contributed by atoms with van der Waals surface area (Å²) in [5, 5.41) is 27.2. The fourth-order valence-electron chi connectivity index (χ4n) is 3.72. The summed E-state index contributed by atoms with van der Waals surface area (Å²) in [6.45, 7) is 10.7. The van der Waals surface area contributed by atoms with Crippen LogP contribution in [0.2, 0.25) is 0 Å². The summed E-state index contributed by atoms with van der Waals surface area (Å²) in [7, 11) is 2.01. The Kier molecular flexibility index (Phi) is 9.28. The summed E-state index contributed by atoms with van der Waals surface area (Å²) in [6, 6.07) is 0. The van der Waals surface area contributed by atoms with Gasteiger partial charge >= 0.3 is 5.13 Å². The van der Waals surface area contributed by atoms with Gasteiger partial charge in [-0.15, -0.1) is 5.10 Å². The molecule has 0 saturated carbocycles. The number of unbranched alkanes of at least 4 members (excludes halogenated alkanes) is 8. The molecule has 2 unspecified atom stereocenters. The molecule has 1 saturated heterocycles. The number of nitrogens with one attached hydrogen (secondary N) is 1. The fraction of sp³-hybridized carbons (Fsp3) is 0.905. The zero-order valence-corrected chi connectivity index (χ0v) is 19.5. The minimum Gasteiger partial charge on any atom is -0.623 e. The molecule has 162 valence electrons. The molecule has 2 rings (SSSR count). The maximum atomic E-state index is 13.6. The van der Waals surface area contributed by atoms with Gasteiger partial charge < -0.3 is 5.21 Å². The van der Waals surface area contributed by atoms with Crippen molar-refractivity contribution in [1.82, 2.24) is 25.1 Å². The van der Waals surface area contributed by atoms with E-state index in [4.69, 9.17) is 0 Å². The molecule has 1 fully saturated rings. The highest BCUT2D eigenvalue weighted by Gasteiger charge is 2.42. The van der Waals surface area contributed by atoms with Crippen LogP contribution in [0.3, 0.4) is 0 Å². The largest absolute Gasteiger partial charge is 0.623 e. The van der Waals surface area contributed by atoms with Crippen LogP contribution >= 0.6 is 11.3 Å². The van der Waals surface area contributed by atoms with Crippen LogP contribution in [-0.4, -0.2) is 48.1 Å². The molecule has 0 amide bonds. The Hall–Kier alpha value is -0.600. The molecule has 0 aromatic carbocycles. The van der Waals surface area contributed by atoms with E-state index in [-0.39, 0.29) is 11.6 Å². The minimum absolute atomic E-state index is 0.0693. The molecule has 1 aromatic heterocycles. The lowest BCUT2D eigenvalue weighted by atomic mass is 9.98. The molecule has 1 aliphatic heterocycles. The van der Waals surface area contributed by atoms with Gasteiger partial charge in [0.05, 0.1) is 6.54 Å². The summed E-state index contributed by atoms with van der Waals surface area (Å²) in [5.74, 6) is 0. The molecule has 1 N–H and O–H groups in total. The Morgan fingerprint density at radius 3 is 2.25 bits per heavy atom. The average Bonchev–Trinajstić information content (AvgIpc) is 3.22. The van der Waals surface area contributed by atoms with Crippen molar-refractivity contribution in [1.29, 1.82) is 0 Å². The third kappa shape index (κ3) is 6.73. The zero-order valence-electron chi connectivity index (χ0n) is 18.7. The average molecular weight is 412 g/mol. The van der Waals surface area contributed by atoms with E-state index < -0.39 is 4.65 Å². The number of likely N-dealkylation sites (N-methyl/N-ethyl adjacent to an activating group) is 1. The van der Waals surface area contributed by atoms with Gasteiger partial charge in [0.25, 0.3) is 0 Å². The van der Waals surface area contributed by atoms with Gasteiger partial charge in [-0.25, -0.2) is 0 Å². The van der Waals surface area contributed by atoms with E-state index in [1.165, 1.54) is 62.7 Å². The van der Waals surface area contributed by atoms with Crippen LogP contribution in [0.25, 0.3) is 0 Å². The number of rotatable bonds is 12. The quantitative estimate of drug-likeness (QED) is 0.298. The van der Waals surface area contributed by atoms with Crippen molar-refractivity contribution in [2.24, 2.45) is 0 Å². The van der Waals surface area contributed by atoms with Crippen LogP contribution < -0.4 is 9.96 Å². The molecule has 1 aromatic rings. The summed E-state index contributed by atoms with van der Waals surface area (Å²) >= 11 is 1.47. The van der Waals surface area contributed by atoms with E-state index in [1.54, 1.807) is 0 Å². The number of hydrogen-bond acceptors (Lipinski definition) is 6. The Bertz CT molecular complexity index is 573. The standard InChI is InChI=1S/C21H41N5OS/c1-6-7-8-9-10-11-12-13-14-15-22-18-16-25(5)17-26(18,27)20-24-23-19(28-20)21(2,3)4/h18,22H,6-17H2,1-5H3. The molecule has 7 heteroatoms. The van der Waals surface area contributed by atoms with Gasteiger partial charge in [-0.05, 0) is 24.8 Å². The lowest BCUT2D eigenvalue weighted by molar-refractivity contribution is 0.286. The van der Waals surface area contributed by atoms with Gasteiger partial charge in [0.2, 0.25) is 0 Å². The van der Waals surface area contributed by atoms with E-state index in [0.29, 0.717) is 11.8 Å². The second-order valence-corrected chi connectivity index (χ2v) is 10.4. The van der Waals surface area contributed by atoms with Gasteiger partial charge in [-0.3, -0.25) is 14.9 Å². The minimum atomic E-state index is -0.415. The van der Waals surface area contributed by atoms with Crippen LogP contribution in [0.4, 0.5) is 5.13 Å². The first-order chi connectivity index (χ1) is 13.3. The number of hydrogen-bond donors (Lipinski definition) is 1. The van der Waals surface area contributed by atoms with Gasteiger partial charge in [0.1, 0.15) is 11.7 Å². The van der Waals surface area contributed by atoms with Crippen molar-refractivity contribution in [3.63, 3.8) is 0 Å². The smallest absolute Gasteiger partial charge is 0.309 e. The van der Waals surface area contributed by atoms with Crippen LogP contribution in [0.1, 0.15) is 90.5 Å². The van der Waals surface area contributed by atoms with Gasteiger partial charge in [-0.1, -0.05) is 84.2 Å². The van der Waals surface area contributed by atoms with Crippen LogP contribution in [0.15, 0.2) is 0 Å². The molecule has 0 aliphatic carbocycles. The second-order valence-electron chi connectivity index (χ2n) is 9.41. The Morgan fingerprint density at radius 1 is 1.07 bits per heavy atom. The number of aromatic nitrogens is 2. The maximum absolute atomic E-state index is 13.6. The molecule has 0 radical (unpaired) electrons. The summed E-state index contributed by atoms with van der Waals surface area (Å²) in [5.41, 5.74) is -0.0693. The molecule has 2 heterocycles. The molecular formula is C21H41N5OS. The van der Waals surface area contributed by atoms with Gasteiger partial charge in [-0.2, -0.15) is 0 Å². The SMILES string of the molecule is CCCCCCCCCCCNC1CN(C)C[N+]1([O-])c1nnc(C(C)(C)C)s1. The third-order valence-corrected chi connectivity index (χ3v) is 6.94. The van der Waals surface area contributed by atoms with Crippen molar-refractivity contribution in [3.05, 3.63) is 10.2 Å². The van der Waals surface area contributed by atoms with Crippen LogP contribution in [0.5, 0.6) is 0 Å². The first-order valence-corrected chi connectivity index (χ1v) is 11.9. The third-order valence-electron chi connectivity index (χ3n) is 5.48. The summed E-state index contributed by atoms with van der Waals surface area (Å²) in [6.07, 6.45) is 11.7. The predicted octanol–water partition coefficient (Wildman–Crippen LogP) is 4.99. The Balaban J connectivity index is 1.75. The number of nitrogens with zero attached hydrogens (tertiary/aromatic N) is 4. The highest BCUT2D eigenvalue weighted by molar-refractivity contribution is 7.15. The van der Waals surface area contributed by atoms with Crippen LogP contribution in [0, 0.1) is 5.21 Å². The highest BCUT2D eigenvalue weighted by Crippen LogP contribution is 2.36. The lowest BCUT2D eigenvalue weighted by Gasteiger charge is -2.39. The van der Waals surface area contributed by atoms with E-state index in [0.717, 1.165) is 24.5 Å². The fourth-order valence-corrected chi connectivity index (χ4v) is 4.71. The zero-order chi connectivity index (χ0) is 20.6.